The monoisotopic (exact) mass is 859 g/mol. The maximum absolute atomic E-state index is 12.7. The molecule has 0 rings (SSSR count). The van der Waals surface area contributed by atoms with Crippen molar-refractivity contribution < 1.29 is 28.6 Å². The van der Waals surface area contributed by atoms with E-state index in [0.717, 1.165) is 96.3 Å². The molecule has 0 aliphatic heterocycles. The lowest BCUT2D eigenvalue weighted by atomic mass is 10.1. The number of hydrogen-bond donors (Lipinski definition) is 0. The molecule has 0 bridgehead atoms. The van der Waals surface area contributed by atoms with E-state index in [2.05, 4.69) is 130 Å². The third-order valence-corrected chi connectivity index (χ3v) is 10.0. The Balaban J connectivity index is 4.51. The molecule has 0 amide bonds. The van der Waals surface area contributed by atoms with Crippen molar-refractivity contribution in [2.75, 3.05) is 13.2 Å². The molecule has 350 valence electrons. The number of esters is 3. The highest BCUT2D eigenvalue weighted by molar-refractivity contribution is 5.71. The Morgan fingerprint density at radius 1 is 0.355 bits per heavy atom. The predicted molar refractivity (Wildman–Crippen MR) is 265 cm³/mol. The van der Waals surface area contributed by atoms with Gasteiger partial charge in [0.05, 0.1) is 0 Å². The molecule has 0 fully saturated rings. The van der Waals surface area contributed by atoms with Crippen molar-refractivity contribution in [1.29, 1.82) is 0 Å². The lowest BCUT2D eigenvalue weighted by Gasteiger charge is -2.18. The minimum Gasteiger partial charge on any atom is -0.462 e. The summed E-state index contributed by atoms with van der Waals surface area (Å²) in [6.45, 7) is 6.36. The fourth-order valence-electron chi connectivity index (χ4n) is 6.30. The molecule has 0 aliphatic rings. The number of hydrogen-bond acceptors (Lipinski definition) is 6. The number of carbonyl (C=O) groups is 3. The van der Waals surface area contributed by atoms with Crippen LogP contribution in [0.5, 0.6) is 0 Å². The molecule has 0 N–H and O–H groups in total. The molecule has 0 heterocycles. The molecule has 0 radical (unpaired) electrons. The third kappa shape index (κ3) is 47.1. The van der Waals surface area contributed by atoms with Crippen LogP contribution in [0.1, 0.15) is 207 Å². The first-order valence-electron chi connectivity index (χ1n) is 24.9. The van der Waals surface area contributed by atoms with Gasteiger partial charge in [-0.1, -0.05) is 194 Å². The predicted octanol–water partition coefficient (Wildman–Crippen LogP) is 16.4. The highest BCUT2D eigenvalue weighted by Crippen LogP contribution is 2.11. The van der Waals surface area contributed by atoms with E-state index in [1.165, 1.54) is 57.8 Å². The Morgan fingerprint density at radius 2 is 0.710 bits per heavy atom. The van der Waals surface area contributed by atoms with Gasteiger partial charge >= 0.3 is 17.9 Å². The van der Waals surface area contributed by atoms with Gasteiger partial charge in [0.2, 0.25) is 0 Å². The van der Waals surface area contributed by atoms with Crippen LogP contribution < -0.4 is 0 Å². The van der Waals surface area contributed by atoms with Crippen LogP contribution in [0.2, 0.25) is 0 Å². The second kappa shape index (κ2) is 49.7. The van der Waals surface area contributed by atoms with Gasteiger partial charge in [0.1, 0.15) is 13.2 Å². The normalized spacial score (nSPS) is 13.0. The zero-order chi connectivity index (χ0) is 45.1. The van der Waals surface area contributed by atoms with E-state index in [-0.39, 0.29) is 44.0 Å². The van der Waals surface area contributed by atoms with Crippen LogP contribution in [0.15, 0.2) is 109 Å². The molecule has 1 unspecified atom stereocenters. The van der Waals surface area contributed by atoms with E-state index in [0.29, 0.717) is 19.3 Å². The highest BCUT2D eigenvalue weighted by atomic mass is 16.6. The van der Waals surface area contributed by atoms with Crippen molar-refractivity contribution in [2.24, 2.45) is 0 Å². The lowest BCUT2D eigenvalue weighted by molar-refractivity contribution is -0.167. The summed E-state index contributed by atoms with van der Waals surface area (Å²) in [7, 11) is 0. The average molecular weight is 859 g/mol. The molecular weight excluding hydrogens is 769 g/mol. The smallest absolute Gasteiger partial charge is 0.306 e. The first-order valence-corrected chi connectivity index (χ1v) is 24.9. The Morgan fingerprint density at radius 3 is 1.21 bits per heavy atom. The van der Waals surface area contributed by atoms with Gasteiger partial charge in [-0.2, -0.15) is 0 Å². The van der Waals surface area contributed by atoms with E-state index in [1.54, 1.807) is 0 Å². The minimum atomic E-state index is -0.827. The third-order valence-electron chi connectivity index (χ3n) is 10.0. The number of allylic oxidation sites excluding steroid dienone is 18. The fourth-order valence-corrected chi connectivity index (χ4v) is 6.30. The van der Waals surface area contributed by atoms with Gasteiger partial charge in [-0.3, -0.25) is 14.4 Å². The van der Waals surface area contributed by atoms with Gasteiger partial charge in [0.25, 0.3) is 0 Å². The fraction of sp³-hybridized carbons (Fsp3) is 0.625. The number of ether oxygens (including phenoxy) is 3. The Kier molecular flexibility index (Phi) is 46.6. The zero-order valence-corrected chi connectivity index (χ0v) is 39.8. The number of rotatable bonds is 43. The molecule has 0 aromatic heterocycles. The van der Waals surface area contributed by atoms with Gasteiger partial charge < -0.3 is 14.2 Å². The van der Waals surface area contributed by atoms with Gasteiger partial charge in [-0.15, -0.1) is 0 Å². The molecule has 6 nitrogen and oxygen atoms in total. The summed E-state index contributed by atoms with van der Waals surface area (Å²) in [6, 6.07) is 0. The van der Waals surface area contributed by atoms with Crippen molar-refractivity contribution in [1.82, 2.24) is 0 Å². The second-order valence-electron chi connectivity index (χ2n) is 16.0. The lowest BCUT2D eigenvalue weighted by Crippen LogP contribution is -2.30. The van der Waals surface area contributed by atoms with E-state index in [4.69, 9.17) is 14.2 Å². The highest BCUT2D eigenvalue weighted by Gasteiger charge is 2.19. The second-order valence-corrected chi connectivity index (χ2v) is 16.0. The molecule has 0 spiro atoms. The first kappa shape index (κ1) is 58.1. The van der Waals surface area contributed by atoms with Gasteiger partial charge in [0, 0.05) is 19.3 Å². The van der Waals surface area contributed by atoms with E-state index in [1.807, 2.05) is 0 Å². The summed E-state index contributed by atoms with van der Waals surface area (Å²) < 4.78 is 16.6. The molecule has 0 aromatic carbocycles. The molecular formula is C56H90O6. The van der Waals surface area contributed by atoms with Gasteiger partial charge in [-0.05, 0) is 103 Å². The van der Waals surface area contributed by atoms with Crippen molar-refractivity contribution in [3.05, 3.63) is 109 Å². The van der Waals surface area contributed by atoms with Gasteiger partial charge in [-0.25, -0.2) is 0 Å². The molecule has 0 saturated heterocycles. The van der Waals surface area contributed by atoms with Crippen molar-refractivity contribution in [3.8, 4) is 0 Å². The molecule has 0 aromatic rings. The van der Waals surface area contributed by atoms with Crippen LogP contribution in [0.25, 0.3) is 0 Å². The van der Waals surface area contributed by atoms with E-state index < -0.39 is 6.10 Å². The van der Waals surface area contributed by atoms with E-state index in [9.17, 15) is 14.4 Å². The van der Waals surface area contributed by atoms with E-state index >= 15 is 0 Å². The van der Waals surface area contributed by atoms with Gasteiger partial charge in [0.15, 0.2) is 6.10 Å². The summed E-state index contributed by atoms with van der Waals surface area (Å²) in [6.07, 6.45) is 66.6. The zero-order valence-electron chi connectivity index (χ0n) is 39.8. The molecule has 0 aliphatic carbocycles. The number of unbranched alkanes of at least 4 members (excludes halogenated alkanes) is 16. The summed E-state index contributed by atoms with van der Waals surface area (Å²) in [5.74, 6) is -1.04. The summed E-state index contributed by atoms with van der Waals surface area (Å²) in [5.41, 5.74) is 0. The minimum absolute atomic E-state index is 0.122. The van der Waals surface area contributed by atoms with Crippen LogP contribution in [-0.2, 0) is 28.6 Å². The van der Waals surface area contributed by atoms with Crippen LogP contribution in [0, 0.1) is 0 Å². The maximum Gasteiger partial charge on any atom is 0.306 e. The first-order chi connectivity index (χ1) is 30.5. The summed E-state index contributed by atoms with van der Waals surface area (Å²) >= 11 is 0. The standard InChI is InChI=1S/C56H90O6/c1-4-7-10-13-16-19-21-23-25-27-29-30-32-34-37-40-43-46-49-55(58)61-52-53(51-60-54(57)48-45-42-39-36-18-15-12-9-6-3)62-56(59)50-47-44-41-38-35-33-31-28-26-24-22-20-17-14-11-8-5-2/h8,11,17,20-21,23-27,29-31,33,36,38-39,41,53H,4-7,9-10,12-16,18-19,22,28,32,34-35,37,40,42-52H2,1-3H3/b11-8-,20-17-,23-21-,26-24-,27-25-,30-29-,33-31-,39-36-,41-38-. The topological polar surface area (TPSA) is 78.9 Å². The van der Waals surface area contributed by atoms with Crippen molar-refractivity contribution in [3.63, 3.8) is 0 Å². The summed E-state index contributed by atoms with van der Waals surface area (Å²) in [5, 5.41) is 0. The Hall–Kier alpha value is -3.93. The van der Waals surface area contributed by atoms with Crippen molar-refractivity contribution >= 4 is 17.9 Å². The molecule has 62 heavy (non-hydrogen) atoms. The van der Waals surface area contributed by atoms with Crippen LogP contribution in [0.4, 0.5) is 0 Å². The quantitative estimate of drug-likeness (QED) is 0.0200. The summed E-state index contributed by atoms with van der Waals surface area (Å²) in [4.78, 5) is 37.8. The Labute approximate surface area is 380 Å². The number of carbonyl (C=O) groups excluding carboxylic acids is 3. The average Bonchev–Trinajstić information content (AvgIpc) is 3.27. The molecule has 6 heteroatoms. The van der Waals surface area contributed by atoms with Crippen LogP contribution in [0.3, 0.4) is 0 Å². The molecule has 0 saturated carbocycles. The van der Waals surface area contributed by atoms with Crippen LogP contribution in [-0.4, -0.2) is 37.2 Å². The largest absolute Gasteiger partial charge is 0.462 e. The SMILES string of the molecule is CC/C=C\C/C=C\C/C=C\C/C=C\C/C=C\CCCC(=O)OC(COC(=O)CCC/C=C\CCCCCC)COC(=O)CCCCCCC\C=C/C=C\C=C/CCCCCCC. The molecule has 1 atom stereocenters. The van der Waals surface area contributed by atoms with Crippen LogP contribution >= 0.6 is 0 Å². The van der Waals surface area contributed by atoms with Crippen molar-refractivity contribution in [2.45, 2.75) is 213 Å². The maximum atomic E-state index is 12.7. The Bertz CT molecular complexity index is 1310.